The maximum Gasteiger partial charge on any atom is 0.322 e. The van der Waals surface area contributed by atoms with E-state index in [9.17, 15) is 9.59 Å². The van der Waals surface area contributed by atoms with Crippen molar-refractivity contribution >= 4 is 17.6 Å². The van der Waals surface area contributed by atoms with E-state index in [1.54, 1.807) is 7.05 Å². The average molecular weight is 365 g/mol. The molecule has 2 N–H and O–H groups in total. The van der Waals surface area contributed by atoms with Crippen molar-refractivity contribution in [3.05, 3.63) is 65.7 Å². The van der Waals surface area contributed by atoms with Crippen LogP contribution in [0.4, 0.5) is 10.5 Å². The lowest BCUT2D eigenvalue weighted by atomic mass is 9.96. The zero-order valence-electron chi connectivity index (χ0n) is 15.8. The van der Waals surface area contributed by atoms with Gasteiger partial charge in [-0.15, -0.1) is 0 Å². The van der Waals surface area contributed by atoms with E-state index in [2.05, 4.69) is 22.8 Å². The first-order valence-electron chi connectivity index (χ1n) is 9.57. The van der Waals surface area contributed by atoms with Crippen LogP contribution in [-0.2, 0) is 17.6 Å². The Morgan fingerprint density at radius 2 is 1.78 bits per heavy atom. The molecule has 1 aliphatic heterocycles. The summed E-state index contributed by atoms with van der Waals surface area (Å²) in [6.45, 7) is 0.765. The van der Waals surface area contributed by atoms with Gasteiger partial charge in [-0.25, -0.2) is 4.79 Å². The van der Waals surface area contributed by atoms with E-state index in [4.69, 9.17) is 0 Å². The molecule has 0 saturated carbocycles. The van der Waals surface area contributed by atoms with Crippen molar-refractivity contribution < 1.29 is 9.59 Å². The summed E-state index contributed by atoms with van der Waals surface area (Å²) >= 11 is 0. The molecule has 0 aliphatic carbocycles. The number of nitrogens with zero attached hydrogens (tertiary/aromatic N) is 1. The maximum atomic E-state index is 13.0. The second kappa shape index (κ2) is 9.21. The predicted molar refractivity (Wildman–Crippen MR) is 108 cm³/mol. The van der Waals surface area contributed by atoms with Gasteiger partial charge in [0.05, 0.1) is 6.42 Å². The predicted octanol–water partition coefficient (Wildman–Crippen LogP) is 3.60. The Bertz CT molecular complexity index is 776. The fourth-order valence-electron chi connectivity index (χ4n) is 3.61. The van der Waals surface area contributed by atoms with Gasteiger partial charge in [-0.1, -0.05) is 48.5 Å². The Balaban J connectivity index is 1.71. The van der Waals surface area contributed by atoms with Crippen LogP contribution in [0.5, 0.6) is 0 Å². The summed E-state index contributed by atoms with van der Waals surface area (Å²) in [7, 11) is 1.62. The van der Waals surface area contributed by atoms with Crippen LogP contribution in [0.2, 0.25) is 0 Å². The lowest BCUT2D eigenvalue weighted by Crippen LogP contribution is -2.47. The lowest BCUT2D eigenvalue weighted by molar-refractivity contribution is -0.119. The standard InChI is InChI=1S/C22H27N3O2/c1-23-21(26)16-18-11-5-6-13-20(18)24-22(27)25-14-8-7-12-19(25)15-17-9-3-2-4-10-17/h2-6,9-11,13,19H,7-8,12,14-16H2,1H3,(H,23,26)(H,24,27). The molecule has 5 heteroatoms. The van der Waals surface area contributed by atoms with Gasteiger partial charge in [0.15, 0.2) is 0 Å². The molecule has 2 aromatic rings. The molecule has 2 aromatic carbocycles. The van der Waals surface area contributed by atoms with Gasteiger partial charge in [-0.3, -0.25) is 4.79 Å². The van der Waals surface area contributed by atoms with Crippen LogP contribution in [0.15, 0.2) is 54.6 Å². The monoisotopic (exact) mass is 365 g/mol. The van der Waals surface area contributed by atoms with Gasteiger partial charge in [0.2, 0.25) is 5.91 Å². The van der Waals surface area contributed by atoms with Crippen molar-refractivity contribution in [1.29, 1.82) is 0 Å². The summed E-state index contributed by atoms with van der Waals surface area (Å²) in [5.74, 6) is -0.0726. The molecule has 0 aromatic heterocycles. The quantitative estimate of drug-likeness (QED) is 0.850. The molecule has 1 fully saturated rings. The topological polar surface area (TPSA) is 61.4 Å². The van der Waals surface area contributed by atoms with Gasteiger partial charge in [0.1, 0.15) is 0 Å². The molecular formula is C22H27N3O2. The van der Waals surface area contributed by atoms with E-state index >= 15 is 0 Å². The first kappa shape index (κ1) is 19.0. The number of para-hydroxylation sites is 1. The Kier molecular flexibility index (Phi) is 6.47. The first-order chi connectivity index (χ1) is 13.2. The number of amides is 3. The molecule has 0 radical (unpaired) electrons. The maximum absolute atomic E-state index is 13.0. The normalized spacial score (nSPS) is 16.6. The van der Waals surface area contributed by atoms with Crippen LogP contribution in [0, 0.1) is 0 Å². The highest BCUT2D eigenvalue weighted by atomic mass is 16.2. The summed E-state index contributed by atoms with van der Waals surface area (Å²) < 4.78 is 0. The van der Waals surface area contributed by atoms with E-state index in [0.717, 1.165) is 37.8 Å². The van der Waals surface area contributed by atoms with Crippen molar-refractivity contribution in [3.63, 3.8) is 0 Å². The van der Waals surface area contributed by atoms with Crippen LogP contribution in [0.1, 0.15) is 30.4 Å². The minimum absolute atomic E-state index is 0.0726. The third-order valence-corrected chi connectivity index (χ3v) is 5.09. The summed E-state index contributed by atoms with van der Waals surface area (Å²) in [5, 5.41) is 5.66. The SMILES string of the molecule is CNC(=O)Cc1ccccc1NC(=O)N1CCCCC1Cc1ccccc1. The second-order valence-corrected chi connectivity index (χ2v) is 6.97. The van der Waals surface area contributed by atoms with E-state index in [1.807, 2.05) is 47.4 Å². The summed E-state index contributed by atoms with van der Waals surface area (Å²) in [6.07, 6.45) is 4.31. The Hall–Kier alpha value is -2.82. The number of piperidine rings is 1. The number of hydrogen-bond donors (Lipinski definition) is 2. The molecule has 5 nitrogen and oxygen atoms in total. The minimum Gasteiger partial charge on any atom is -0.359 e. The molecule has 27 heavy (non-hydrogen) atoms. The molecule has 3 rings (SSSR count). The summed E-state index contributed by atoms with van der Waals surface area (Å²) in [6, 6.07) is 17.9. The van der Waals surface area contributed by atoms with E-state index in [1.165, 1.54) is 5.56 Å². The van der Waals surface area contributed by atoms with Crippen LogP contribution < -0.4 is 10.6 Å². The zero-order valence-corrected chi connectivity index (χ0v) is 15.8. The highest BCUT2D eigenvalue weighted by Gasteiger charge is 2.27. The van der Waals surface area contributed by atoms with Gasteiger partial charge < -0.3 is 15.5 Å². The number of hydrogen-bond acceptors (Lipinski definition) is 2. The number of likely N-dealkylation sites (tertiary alicyclic amines) is 1. The average Bonchev–Trinajstić information content (AvgIpc) is 2.70. The number of nitrogens with one attached hydrogen (secondary N) is 2. The summed E-state index contributed by atoms with van der Waals surface area (Å²) in [5.41, 5.74) is 2.78. The summed E-state index contributed by atoms with van der Waals surface area (Å²) in [4.78, 5) is 26.7. The zero-order chi connectivity index (χ0) is 19.1. The van der Waals surface area contributed by atoms with Crippen molar-refractivity contribution in [2.75, 3.05) is 18.9 Å². The molecule has 1 atom stereocenters. The Morgan fingerprint density at radius 3 is 2.56 bits per heavy atom. The van der Waals surface area contributed by atoms with Gasteiger partial charge in [-0.05, 0) is 42.9 Å². The number of urea groups is 1. The molecule has 1 heterocycles. The van der Waals surface area contributed by atoms with Crippen LogP contribution in [0.25, 0.3) is 0 Å². The van der Waals surface area contributed by atoms with Crippen molar-refractivity contribution in [2.24, 2.45) is 0 Å². The van der Waals surface area contributed by atoms with E-state index in [0.29, 0.717) is 5.69 Å². The van der Waals surface area contributed by atoms with Crippen LogP contribution in [0.3, 0.4) is 0 Å². The number of carbonyl (C=O) groups excluding carboxylic acids is 2. The van der Waals surface area contributed by atoms with Crippen molar-refractivity contribution in [3.8, 4) is 0 Å². The third kappa shape index (κ3) is 5.09. The third-order valence-electron chi connectivity index (χ3n) is 5.09. The fourth-order valence-corrected chi connectivity index (χ4v) is 3.61. The second-order valence-electron chi connectivity index (χ2n) is 6.97. The highest BCUT2D eigenvalue weighted by molar-refractivity contribution is 5.91. The Labute approximate surface area is 160 Å². The molecule has 1 aliphatic rings. The molecule has 1 unspecified atom stereocenters. The lowest BCUT2D eigenvalue weighted by Gasteiger charge is -2.36. The molecule has 142 valence electrons. The number of carbonyl (C=O) groups is 2. The van der Waals surface area contributed by atoms with Gasteiger partial charge in [0.25, 0.3) is 0 Å². The van der Waals surface area contributed by atoms with E-state index in [-0.39, 0.29) is 24.4 Å². The van der Waals surface area contributed by atoms with Gasteiger partial charge >= 0.3 is 6.03 Å². The largest absolute Gasteiger partial charge is 0.359 e. The number of rotatable bonds is 5. The van der Waals surface area contributed by atoms with Crippen molar-refractivity contribution in [2.45, 2.75) is 38.1 Å². The smallest absolute Gasteiger partial charge is 0.322 e. The van der Waals surface area contributed by atoms with Gasteiger partial charge in [0, 0.05) is 25.3 Å². The molecule has 3 amide bonds. The van der Waals surface area contributed by atoms with Crippen molar-refractivity contribution in [1.82, 2.24) is 10.2 Å². The number of anilines is 1. The molecule has 0 spiro atoms. The van der Waals surface area contributed by atoms with Gasteiger partial charge in [-0.2, -0.15) is 0 Å². The molecule has 0 bridgehead atoms. The Morgan fingerprint density at radius 1 is 1.04 bits per heavy atom. The first-order valence-corrected chi connectivity index (χ1v) is 9.57. The number of likely N-dealkylation sites (N-methyl/N-ethyl adjacent to an activating group) is 1. The minimum atomic E-state index is -0.0833. The molecular weight excluding hydrogens is 338 g/mol. The van der Waals surface area contributed by atoms with Crippen LogP contribution in [-0.4, -0.2) is 36.5 Å². The van der Waals surface area contributed by atoms with E-state index < -0.39 is 0 Å². The highest BCUT2D eigenvalue weighted by Crippen LogP contribution is 2.23. The number of benzene rings is 2. The fraction of sp³-hybridized carbons (Fsp3) is 0.364. The van der Waals surface area contributed by atoms with Crippen LogP contribution >= 0.6 is 0 Å². The molecule has 1 saturated heterocycles.